The maximum absolute atomic E-state index is 12.8. The molecule has 0 unspecified atom stereocenters. The molecule has 19 heavy (non-hydrogen) atoms. The summed E-state index contributed by atoms with van der Waals surface area (Å²) in [7, 11) is 1.47. The van der Waals surface area contributed by atoms with E-state index < -0.39 is 6.10 Å². The summed E-state index contributed by atoms with van der Waals surface area (Å²) in [5.74, 6) is -0.635. The number of amides is 1. The molecule has 1 N–H and O–H groups in total. The third-order valence-corrected chi connectivity index (χ3v) is 2.69. The smallest absolute Gasteiger partial charge is 0.258 e. The Bertz CT molecular complexity index is 540. The molecule has 2 aromatic carbocycles. The minimum Gasteiger partial charge on any atom is -0.367 e. The summed E-state index contributed by atoms with van der Waals surface area (Å²) >= 11 is 0. The summed E-state index contributed by atoms with van der Waals surface area (Å²) in [5.41, 5.74) is 1.30. The maximum Gasteiger partial charge on any atom is 0.258 e. The van der Waals surface area contributed by atoms with Crippen LogP contribution in [0.1, 0.15) is 11.7 Å². The normalized spacial score (nSPS) is 11.9. The van der Waals surface area contributed by atoms with E-state index in [0.717, 1.165) is 5.56 Å². The lowest BCUT2D eigenvalue weighted by atomic mass is 10.1. The van der Waals surface area contributed by atoms with E-state index in [0.29, 0.717) is 5.69 Å². The van der Waals surface area contributed by atoms with Gasteiger partial charge in [0.15, 0.2) is 6.10 Å². The highest BCUT2D eigenvalue weighted by atomic mass is 19.1. The van der Waals surface area contributed by atoms with Gasteiger partial charge in [0.25, 0.3) is 5.91 Å². The fourth-order valence-electron chi connectivity index (χ4n) is 1.76. The van der Waals surface area contributed by atoms with Crippen molar-refractivity contribution in [2.75, 3.05) is 12.4 Å². The minimum atomic E-state index is -0.689. The average Bonchev–Trinajstić information content (AvgIpc) is 2.43. The van der Waals surface area contributed by atoms with Crippen LogP contribution in [0.5, 0.6) is 0 Å². The molecule has 0 radical (unpaired) electrons. The van der Waals surface area contributed by atoms with Crippen molar-refractivity contribution in [2.45, 2.75) is 6.10 Å². The Morgan fingerprint density at radius 2 is 1.74 bits per heavy atom. The lowest BCUT2D eigenvalue weighted by molar-refractivity contribution is -0.126. The summed E-state index contributed by atoms with van der Waals surface area (Å²) in [4.78, 5) is 12.1. The van der Waals surface area contributed by atoms with Gasteiger partial charge in [-0.3, -0.25) is 4.79 Å². The number of carbonyl (C=O) groups excluding carboxylic acids is 1. The molecular formula is C15H14FNO2. The SMILES string of the molecule is CO[C@@H](C(=O)Nc1ccc(F)cc1)c1ccccc1. The molecular weight excluding hydrogens is 245 g/mol. The van der Waals surface area contributed by atoms with E-state index in [4.69, 9.17) is 4.74 Å². The molecule has 0 bridgehead atoms. The van der Waals surface area contributed by atoms with Crippen LogP contribution in [0.2, 0.25) is 0 Å². The van der Waals surface area contributed by atoms with Gasteiger partial charge in [0, 0.05) is 12.8 Å². The van der Waals surface area contributed by atoms with Crippen LogP contribution < -0.4 is 5.32 Å². The van der Waals surface area contributed by atoms with Crippen LogP contribution in [0.15, 0.2) is 54.6 Å². The zero-order valence-corrected chi connectivity index (χ0v) is 10.5. The molecule has 0 saturated carbocycles. The second-order valence-electron chi connectivity index (χ2n) is 4.02. The summed E-state index contributed by atoms with van der Waals surface area (Å²) in [6.07, 6.45) is -0.689. The molecule has 1 atom stereocenters. The molecule has 0 aliphatic carbocycles. The topological polar surface area (TPSA) is 38.3 Å². The molecule has 3 nitrogen and oxygen atoms in total. The van der Waals surface area contributed by atoms with Gasteiger partial charge in [-0.25, -0.2) is 4.39 Å². The Hall–Kier alpha value is -2.20. The van der Waals surface area contributed by atoms with Crippen molar-refractivity contribution in [2.24, 2.45) is 0 Å². The van der Waals surface area contributed by atoms with Crippen LogP contribution in [-0.2, 0) is 9.53 Å². The van der Waals surface area contributed by atoms with Crippen molar-refractivity contribution in [1.29, 1.82) is 0 Å². The third-order valence-electron chi connectivity index (χ3n) is 2.69. The first-order valence-electron chi connectivity index (χ1n) is 5.85. The van der Waals surface area contributed by atoms with E-state index in [-0.39, 0.29) is 11.7 Å². The molecule has 2 aromatic rings. The molecule has 4 heteroatoms. The fourth-order valence-corrected chi connectivity index (χ4v) is 1.76. The summed E-state index contributed by atoms with van der Waals surface area (Å²) in [6.45, 7) is 0. The van der Waals surface area contributed by atoms with Gasteiger partial charge in [0.1, 0.15) is 5.82 Å². The first kappa shape index (κ1) is 13.2. The number of rotatable bonds is 4. The van der Waals surface area contributed by atoms with E-state index >= 15 is 0 Å². The van der Waals surface area contributed by atoms with Crippen LogP contribution >= 0.6 is 0 Å². The van der Waals surface area contributed by atoms with Gasteiger partial charge in [-0.2, -0.15) is 0 Å². The van der Waals surface area contributed by atoms with Gasteiger partial charge in [-0.05, 0) is 29.8 Å². The van der Waals surface area contributed by atoms with Crippen LogP contribution in [0.4, 0.5) is 10.1 Å². The first-order chi connectivity index (χ1) is 9.20. The van der Waals surface area contributed by atoms with Crippen LogP contribution in [0.3, 0.4) is 0 Å². The van der Waals surface area contributed by atoms with E-state index in [1.54, 1.807) is 0 Å². The zero-order chi connectivity index (χ0) is 13.7. The standard InChI is InChI=1S/C15H14FNO2/c1-19-14(11-5-3-2-4-6-11)15(18)17-13-9-7-12(16)8-10-13/h2-10,14H,1H3,(H,17,18)/t14-/m1/s1. The Morgan fingerprint density at radius 3 is 2.32 bits per heavy atom. The number of benzene rings is 2. The van der Waals surface area contributed by atoms with Crippen molar-refractivity contribution >= 4 is 11.6 Å². The molecule has 1 amide bonds. The fraction of sp³-hybridized carbons (Fsp3) is 0.133. The summed E-state index contributed by atoms with van der Waals surface area (Å²) in [5, 5.41) is 2.69. The lowest BCUT2D eigenvalue weighted by Crippen LogP contribution is -2.22. The lowest BCUT2D eigenvalue weighted by Gasteiger charge is -2.15. The Labute approximate surface area is 111 Å². The Morgan fingerprint density at radius 1 is 1.11 bits per heavy atom. The predicted octanol–water partition coefficient (Wildman–Crippen LogP) is 3.15. The van der Waals surface area contributed by atoms with E-state index in [1.807, 2.05) is 30.3 Å². The van der Waals surface area contributed by atoms with E-state index in [2.05, 4.69) is 5.32 Å². The molecule has 0 heterocycles. The van der Waals surface area contributed by atoms with E-state index in [9.17, 15) is 9.18 Å². The van der Waals surface area contributed by atoms with Gasteiger partial charge >= 0.3 is 0 Å². The quantitative estimate of drug-likeness (QED) is 0.916. The van der Waals surface area contributed by atoms with Crippen molar-refractivity contribution in [3.8, 4) is 0 Å². The molecule has 2 rings (SSSR count). The van der Waals surface area contributed by atoms with E-state index in [1.165, 1.54) is 31.4 Å². The highest BCUT2D eigenvalue weighted by molar-refractivity contribution is 5.94. The Balaban J connectivity index is 2.11. The molecule has 0 aliphatic rings. The number of hydrogen-bond donors (Lipinski definition) is 1. The molecule has 0 aromatic heterocycles. The van der Waals surface area contributed by atoms with Gasteiger partial charge in [0.05, 0.1) is 0 Å². The maximum atomic E-state index is 12.8. The van der Waals surface area contributed by atoms with Crippen molar-refractivity contribution in [3.63, 3.8) is 0 Å². The largest absolute Gasteiger partial charge is 0.367 e. The second kappa shape index (κ2) is 6.11. The molecule has 98 valence electrons. The van der Waals surface area contributed by atoms with Crippen LogP contribution in [0.25, 0.3) is 0 Å². The highest BCUT2D eigenvalue weighted by Crippen LogP contribution is 2.19. The summed E-state index contributed by atoms with van der Waals surface area (Å²) in [6, 6.07) is 14.8. The van der Waals surface area contributed by atoms with Crippen molar-refractivity contribution in [3.05, 3.63) is 66.0 Å². The molecule has 0 saturated heterocycles. The molecule has 0 fully saturated rings. The zero-order valence-electron chi connectivity index (χ0n) is 10.5. The second-order valence-corrected chi connectivity index (χ2v) is 4.02. The minimum absolute atomic E-state index is 0.291. The number of anilines is 1. The van der Waals surface area contributed by atoms with Crippen LogP contribution in [0, 0.1) is 5.82 Å². The number of hydrogen-bond acceptors (Lipinski definition) is 2. The highest BCUT2D eigenvalue weighted by Gasteiger charge is 2.19. The predicted molar refractivity (Wildman–Crippen MR) is 71.2 cm³/mol. The van der Waals surface area contributed by atoms with Gasteiger partial charge in [0.2, 0.25) is 0 Å². The third kappa shape index (κ3) is 3.39. The number of methoxy groups -OCH3 is 1. The number of ether oxygens (including phenoxy) is 1. The first-order valence-corrected chi connectivity index (χ1v) is 5.85. The number of halogens is 1. The molecule has 0 aliphatic heterocycles. The van der Waals surface area contributed by atoms with Crippen molar-refractivity contribution in [1.82, 2.24) is 0 Å². The number of nitrogens with one attached hydrogen (secondary N) is 1. The summed E-state index contributed by atoms with van der Waals surface area (Å²) < 4.78 is 18.0. The Kier molecular flexibility index (Phi) is 4.26. The van der Waals surface area contributed by atoms with Gasteiger partial charge in [-0.1, -0.05) is 30.3 Å². The average molecular weight is 259 g/mol. The number of carbonyl (C=O) groups is 1. The van der Waals surface area contributed by atoms with Gasteiger partial charge < -0.3 is 10.1 Å². The van der Waals surface area contributed by atoms with Crippen LogP contribution in [-0.4, -0.2) is 13.0 Å². The van der Waals surface area contributed by atoms with Crippen molar-refractivity contribution < 1.29 is 13.9 Å². The monoisotopic (exact) mass is 259 g/mol. The molecule has 0 spiro atoms. The van der Waals surface area contributed by atoms with Gasteiger partial charge in [-0.15, -0.1) is 0 Å².